The average molecular weight is 403 g/mol. The highest BCUT2D eigenvalue weighted by atomic mass is 16.5. The maximum absolute atomic E-state index is 12.7. The Labute approximate surface area is 176 Å². The molecule has 0 fully saturated rings. The molecule has 0 spiro atoms. The zero-order chi connectivity index (χ0) is 21.5. The first-order valence-corrected chi connectivity index (χ1v) is 10.1. The summed E-state index contributed by atoms with van der Waals surface area (Å²) in [4.78, 5) is 27.3. The van der Waals surface area contributed by atoms with Gasteiger partial charge in [0, 0.05) is 48.0 Å². The highest BCUT2D eigenvalue weighted by molar-refractivity contribution is 6.09. The summed E-state index contributed by atoms with van der Waals surface area (Å²) in [7, 11) is 0. The molecule has 3 rings (SSSR count). The van der Waals surface area contributed by atoms with E-state index in [0.717, 1.165) is 29.7 Å². The number of para-hydroxylation sites is 1. The molecule has 6 nitrogen and oxygen atoms in total. The summed E-state index contributed by atoms with van der Waals surface area (Å²) in [6, 6.07) is 16.8. The molecule has 0 unspecified atom stereocenters. The lowest BCUT2D eigenvalue weighted by Gasteiger charge is -2.20. The molecule has 0 N–H and O–H groups in total. The van der Waals surface area contributed by atoms with Gasteiger partial charge in [0.2, 0.25) is 5.78 Å². The number of carbonyl (C=O) groups excluding carboxylic acids is 2. The lowest BCUT2D eigenvalue weighted by atomic mass is 10.1. The normalized spacial score (nSPS) is 10.6. The molecule has 0 bridgehead atoms. The zero-order valence-corrected chi connectivity index (χ0v) is 17.3. The second kappa shape index (κ2) is 9.75. The van der Waals surface area contributed by atoms with Crippen LogP contribution in [0.5, 0.6) is 0 Å². The number of Topliss-reactive ketones (excluding diaryl/α,β-unsaturated/α-hetero) is 1. The first-order valence-electron chi connectivity index (χ1n) is 10.1. The Hall–Kier alpha value is -3.59. The third-order valence-electron chi connectivity index (χ3n) is 5.12. The topological polar surface area (TPSA) is 75.3 Å². The van der Waals surface area contributed by atoms with E-state index in [0.29, 0.717) is 24.1 Å². The van der Waals surface area contributed by atoms with Crippen molar-refractivity contribution in [3.63, 3.8) is 0 Å². The summed E-state index contributed by atoms with van der Waals surface area (Å²) in [5.74, 6) is -0.794. The van der Waals surface area contributed by atoms with Gasteiger partial charge in [-0.05, 0) is 44.2 Å². The third kappa shape index (κ3) is 4.52. The van der Waals surface area contributed by atoms with Crippen LogP contribution in [0.4, 0.5) is 5.69 Å². The number of ether oxygens (including phenoxy) is 1. The van der Waals surface area contributed by atoms with Crippen LogP contribution in [0, 0.1) is 11.3 Å². The Morgan fingerprint density at radius 3 is 2.43 bits per heavy atom. The number of nitriles is 1. The molecule has 0 saturated carbocycles. The van der Waals surface area contributed by atoms with E-state index in [2.05, 4.69) is 24.8 Å². The van der Waals surface area contributed by atoms with Crippen LogP contribution < -0.4 is 4.90 Å². The Morgan fingerprint density at radius 2 is 1.77 bits per heavy atom. The molecule has 0 atom stereocenters. The molecule has 1 aromatic heterocycles. The van der Waals surface area contributed by atoms with Crippen molar-refractivity contribution < 1.29 is 14.3 Å². The van der Waals surface area contributed by atoms with Crippen molar-refractivity contribution in [2.75, 3.05) is 24.6 Å². The number of fused-ring (bicyclic) bond motifs is 1. The van der Waals surface area contributed by atoms with Gasteiger partial charge >= 0.3 is 5.97 Å². The van der Waals surface area contributed by atoms with Crippen molar-refractivity contribution in [2.45, 2.75) is 26.8 Å². The fraction of sp³-hybridized carbons (Fsp3) is 0.292. The zero-order valence-electron chi connectivity index (χ0n) is 17.3. The second-order valence-corrected chi connectivity index (χ2v) is 6.88. The lowest BCUT2D eigenvalue weighted by molar-refractivity contribution is 0.0475. The van der Waals surface area contributed by atoms with E-state index in [-0.39, 0.29) is 12.4 Å². The quantitative estimate of drug-likeness (QED) is 0.390. The molecule has 0 saturated heterocycles. The SMILES string of the molecule is CCN(CC)c1ccc(C(=O)OCC(=O)c2cn(CCC#N)c3ccccc23)cc1. The lowest BCUT2D eigenvalue weighted by Crippen LogP contribution is -2.21. The van der Waals surface area contributed by atoms with Crippen molar-refractivity contribution in [1.29, 1.82) is 5.26 Å². The van der Waals surface area contributed by atoms with Crippen molar-refractivity contribution in [1.82, 2.24) is 4.57 Å². The Balaban J connectivity index is 1.70. The van der Waals surface area contributed by atoms with Crippen LogP contribution >= 0.6 is 0 Å². The minimum Gasteiger partial charge on any atom is -0.454 e. The molecular weight excluding hydrogens is 378 g/mol. The van der Waals surface area contributed by atoms with E-state index < -0.39 is 5.97 Å². The van der Waals surface area contributed by atoms with Crippen LogP contribution in [0.3, 0.4) is 0 Å². The number of rotatable bonds is 9. The first kappa shape index (κ1) is 21.1. The summed E-state index contributed by atoms with van der Waals surface area (Å²) in [5.41, 5.74) is 2.83. The Bertz CT molecular complexity index is 1070. The van der Waals surface area contributed by atoms with Gasteiger partial charge < -0.3 is 14.2 Å². The number of hydrogen-bond acceptors (Lipinski definition) is 5. The standard InChI is InChI=1S/C24H25N3O3/c1-3-26(4-2)19-12-10-18(11-13-19)24(29)30-17-23(28)21-16-27(15-7-14-25)22-9-6-5-8-20(21)22/h5-6,8-13,16H,3-4,7,15,17H2,1-2H3. The Kier molecular flexibility index (Phi) is 6.87. The number of esters is 1. The van der Waals surface area contributed by atoms with Gasteiger partial charge in [0.05, 0.1) is 18.1 Å². The molecule has 0 aliphatic carbocycles. The number of anilines is 1. The maximum Gasteiger partial charge on any atom is 0.338 e. The Morgan fingerprint density at radius 1 is 1.07 bits per heavy atom. The maximum atomic E-state index is 12.7. The number of benzene rings is 2. The fourth-order valence-corrected chi connectivity index (χ4v) is 3.51. The molecule has 6 heteroatoms. The van der Waals surface area contributed by atoms with Gasteiger partial charge in [0.15, 0.2) is 6.61 Å². The fourth-order valence-electron chi connectivity index (χ4n) is 3.51. The number of carbonyl (C=O) groups is 2. The van der Waals surface area contributed by atoms with Crippen LogP contribution in [0.25, 0.3) is 10.9 Å². The van der Waals surface area contributed by atoms with Gasteiger partial charge in [-0.1, -0.05) is 18.2 Å². The van der Waals surface area contributed by atoms with Crippen molar-refractivity contribution in [3.05, 3.63) is 65.9 Å². The minimum absolute atomic E-state index is 0.269. The van der Waals surface area contributed by atoms with Gasteiger partial charge in [-0.15, -0.1) is 0 Å². The molecule has 0 radical (unpaired) electrons. The molecule has 0 aliphatic heterocycles. The number of ketones is 1. The van der Waals surface area contributed by atoms with E-state index in [1.165, 1.54) is 0 Å². The summed E-state index contributed by atoms with van der Waals surface area (Å²) in [6.07, 6.45) is 2.09. The van der Waals surface area contributed by atoms with E-state index in [1.807, 2.05) is 41.0 Å². The summed E-state index contributed by atoms with van der Waals surface area (Å²) in [6.45, 7) is 6.10. The highest BCUT2D eigenvalue weighted by Crippen LogP contribution is 2.22. The van der Waals surface area contributed by atoms with Crippen molar-refractivity contribution in [2.24, 2.45) is 0 Å². The molecule has 2 aromatic carbocycles. The highest BCUT2D eigenvalue weighted by Gasteiger charge is 2.17. The van der Waals surface area contributed by atoms with Crippen LogP contribution in [0.2, 0.25) is 0 Å². The van der Waals surface area contributed by atoms with Gasteiger partial charge in [-0.3, -0.25) is 4.79 Å². The summed E-state index contributed by atoms with van der Waals surface area (Å²) in [5, 5.41) is 9.65. The summed E-state index contributed by atoms with van der Waals surface area (Å²) < 4.78 is 7.16. The number of aromatic nitrogens is 1. The minimum atomic E-state index is -0.525. The number of hydrogen-bond donors (Lipinski definition) is 0. The van der Waals surface area contributed by atoms with Crippen LogP contribution in [0.15, 0.2) is 54.7 Å². The van der Waals surface area contributed by atoms with Crippen LogP contribution in [0.1, 0.15) is 41.0 Å². The predicted molar refractivity (Wildman–Crippen MR) is 117 cm³/mol. The largest absolute Gasteiger partial charge is 0.454 e. The molecule has 154 valence electrons. The monoisotopic (exact) mass is 403 g/mol. The molecule has 1 heterocycles. The van der Waals surface area contributed by atoms with E-state index in [9.17, 15) is 9.59 Å². The first-order chi connectivity index (χ1) is 14.6. The smallest absolute Gasteiger partial charge is 0.338 e. The van der Waals surface area contributed by atoms with Gasteiger partial charge in [0.1, 0.15) is 0 Å². The van der Waals surface area contributed by atoms with Crippen molar-refractivity contribution in [3.8, 4) is 6.07 Å². The van der Waals surface area contributed by atoms with Crippen molar-refractivity contribution >= 4 is 28.3 Å². The average Bonchev–Trinajstić information content (AvgIpc) is 3.16. The van der Waals surface area contributed by atoms with Gasteiger partial charge in [-0.25, -0.2) is 4.79 Å². The van der Waals surface area contributed by atoms with E-state index in [4.69, 9.17) is 10.00 Å². The molecule has 0 aliphatic rings. The number of nitrogens with zero attached hydrogens (tertiary/aromatic N) is 3. The predicted octanol–water partition coefficient (Wildman–Crippen LogP) is 4.44. The molecular formula is C24H25N3O3. The van der Waals surface area contributed by atoms with Crippen LogP contribution in [-0.2, 0) is 11.3 Å². The third-order valence-corrected chi connectivity index (χ3v) is 5.12. The molecule has 30 heavy (non-hydrogen) atoms. The molecule has 3 aromatic rings. The van der Waals surface area contributed by atoms with E-state index in [1.54, 1.807) is 18.3 Å². The second-order valence-electron chi connectivity index (χ2n) is 6.88. The number of aryl methyl sites for hydroxylation is 1. The van der Waals surface area contributed by atoms with Gasteiger partial charge in [-0.2, -0.15) is 5.26 Å². The van der Waals surface area contributed by atoms with Crippen LogP contribution in [-0.4, -0.2) is 36.0 Å². The summed E-state index contributed by atoms with van der Waals surface area (Å²) >= 11 is 0. The van der Waals surface area contributed by atoms with Gasteiger partial charge in [0.25, 0.3) is 0 Å². The van der Waals surface area contributed by atoms with E-state index >= 15 is 0 Å². The molecule has 0 amide bonds.